The van der Waals surface area contributed by atoms with E-state index < -0.39 is 35.8 Å². The standard InChI is InChI=1S/C28H36F2N6O5/c1-17(2)10-24-34-26(35-41-24)19-13-32-28(33-14-19)36-7-5-18(6-8-36)4-3-9-40-21-11-22(29)25(23(30)12-21)27(39)31-15-20(38)16-37/h11-14,17-18,20,37-38H,3-10,15-16H2,1-2H3,(H,31,39)/t20-/m0/s1. The topological polar surface area (TPSA) is 147 Å². The molecule has 0 bridgehead atoms. The number of benzene rings is 1. The zero-order chi connectivity index (χ0) is 29.4. The van der Waals surface area contributed by atoms with Crippen LogP contribution in [0, 0.1) is 23.5 Å². The van der Waals surface area contributed by atoms with Crippen LogP contribution in [0.3, 0.4) is 0 Å². The van der Waals surface area contributed by atoms with Crippen LogP contribution in [-0.2, 0) is 6.42 Å². The zero-order valence-electron chi connectivity index (χ0n) is 23.2. The molecule has 1 amide bonds. The number of carbonyl (C=O) groups is 1. The second kappa shape index (κ2) is 14.3. The van der Waals surface area contributed by atoms with Crippen molar-refractivity contribution in [2.45, 2.75) is 52.1 Å². The molecule has 222 valence electrons. The Morgan fingerprint density at radius 1 is 1.20 bits per heavy atom. The summed E-state index contributed by atoms with van der Waals surface area (Å²) in [7, 11) is 0. The molecule has 2 aromatic heterocycles. The van der Waals surface area contributed by atoms with E-state index in [2.05, 4.69) is 44.2 Å². The Morgan fingerprint density at radius 2 is 1.88 bits per heavy atom. The van der Waals surface area contributed by atoms with Gasteiger partial charge in [0.15, 0.2) is 0 Å². The minimum Gasteiger partial charge on any atom is -0.493 e. The maximum Gasteiger partial charge on any atom is 0.257 e. The second-order valence-electron chi connectivity index (χ2n) is 10.6. The lowest BCUT2D eigenvalue weighted by molar-refractivity contribution is 0.0796. The number of aliphatic hydroxyl groups is 2. The van der Waals surface area contributed by atoms with E-state index in [0.29, 0.717) is 41.5 Å². The van der Waals surface area contributed by atoms with E-state index in [1.807, 2.05) is 0 Å². The summed E-state index contributed by atoms with van der Waals surface area (Å²) >= 11 is 0. The van der Waals surface area contributed by atoms with Crippen LogP contribution < -0.4 is 15.0 Å². The maximum absolute atomic E-state index is 14.4. The number of nitrogens with one attached hydrogen (secondary N) is 1. The van der Waals surface area contributed by atoms with Crippen molar-refractivity contribution in [2.24, 2.45) is 11.8 Å². The van der Waals surface area contributed by atoms with Crippen molar-refractivity contribution in [2.75, 3.05) is 37.7 Å². The van der Waals surface area contributed by atoms with Gasteiger partial charge in [-0.3, -0.25) is 4.79 Å². The predicted molar refractivity (Wildman–Crippen MR) is 145 cm³/mol. The van der Waals surface area contributed by atoms with E-state index in [0.717, 1.165) is 50.9 Å². The first-order chi connectivity index (χ1) is 19.7. The summed E-state index contributed by atoms with van der Waals surface area (Å²) in [5.74, 6) is -0.496. The molecule has 0 saturated carbocycles. The monoisotopic (exact) mass is 574 g/mol. The first kappa shape index (κ1) is 30.3. The van der Waals surface area contributed by atoms with E-state index in [9.17, 15) is 18.7 Å². The quantitative estimate of drug-likeness (QED) is 0.260. The van der Waals surface area contributed by atoms with Crippen LogP contribution in [0.4, 0.5) is 14.7 Å². The van der Waals surface area contributed by atoms with E-state index in [4.69, 9.17) is 14.4 Å². The number of aromatic nitrogens is 4. The van der Waals surface area contributed by atoms with Gasteiger partial charge in [0.2, 0.25) is 17.7 Å². The van der Waals surface area contributed by atoms with Gasteiger partial charge in [-0.2, -0.15) is 4.98 Å². The lowest BCUT2D eigenvalue weighted by Crippen LogP contribution is -2.35. The number of hydrogen-bond acceptors (Lipinski definition) is 10. The maximum atomic E-state index is 14.4. The van der Waals surface area contributed by atoms with Gasteiger partial charge in [0.25, 0.3) is 5.91 Å². The third-order valence-electron chi connectivity index (χ3n) is 6.82. The van der Waals surface area contributed by atoms with Gasteiger partial charge in [-0.25, -0.2) is 18.7 Å². The Hall–Kier alpha value is -3.71. The van der Waals surface area contributed by atoms with Crippen molar-refractivity contribution in [3.05, 3.63) is 47.6 Å². The highest BCUT2D eigenvalue weighted by Gasteiger charge is 2.22. The van der Waals surface area contributed by atoms with Gasteiger partial charge < -0.3 is 29.7 Å². The molecular weight excluding hydrogens is 538 g/mol. The van der Waals surface area contributed by atoms with Crippen molar-refractivity contribution < 1.29 is 33.0 Å². The van der Waals surface area contributed by atoms with Crippen LogP contribution >= 0.6 is 0 Å². The Labute approximate surface area is 237 Å². The van der Waals surface area contributed by atoms with Gasteiger partial charge in [0, 0.05) is 50.6 Å². The fraction of sp³-hybridized carbons (Fsp3) is 0.536. The number of nitrogens with zero attached hydrogens (tertiary/aromatic N) is 5. The molecule has 1 fully saturated rings. The van der Waals surface area contributed by atoms with E-state index >= 15 is 0 Å². The van der Waals surface area contributed by atoms with Gasteiger partial charge in [-0.05, 0) is 37.5 Å². The summed E-state index contributed by atoms with van der Waals surface area (Å²) in [6, 6.07) is 1.93. The van der Waals surface area contributed by atoms with Crippen LogP contribution in [0.15, 0.2) is 29.0 Å². The minimum atomic E-state index is -1.22. The fourth-order valence-corrected chi connectivity index (χ4v) is 4.60. The summed E-state index contributed by atoms with van der Waals surface area (Å²) in [5, 5.41) is 24.3. The third kappa shape index (κ3) is 8.40. The Bertz CT molecular complexity index is 1260. The Balaban J connectivity index is 1.18. The molecule has 1 atom stereocenters. The molecule has 3 N–H and O–H groups in total. The zero-order valence-corrected chi connectivity index (χ0v) is 23.2. The smallest absolute Gasteiger partial charge is 0.257 e. The molecule has 3 heterocycles. The van der Waals surface area contributed by atoms with Gasteiger partial charge in [0.05, 0.1) is 24.9 Å². The van der Waals surface area contributed by atoms with Crippen LogP contribution in [0.5, 0.6) is 5.75 Å². The average Bonchev–Trinajstić information content (AvgIpc) is 3.42. The largest absolute Gasteiger partial charge is 0.493 e. The number of amides is 1. The van der Waals surface area contributed by atoms with Crippen LogP contribution in [0.2, 0.25) is 0 Å². The molecule has 1 saturated heterocycles. The summed E-state index contributed by atoms with van der Waals surface area (Å²) in [4.78, 5) is 27.6. The lowest BCUT2D eigenvalue weighted by Gasteiger charge is -2.32. The Morgan fingerprint density at radius 3 is 2.51 bits per heavy atom. The number of carbonyl (C=O) groups excluding carboxylic acids is 1. The van der Waals surface area contributed by atoms with Gasteiger partial charge in [-0.1, -0.05) is 19.0 Å². The molecule has 1 aromatic carbocycles. The van der Waals surface area contributed by atoms with Crippen molar-refractivity contribution in [1.82, 2.24) is 25.4 Å². The van der Waals surface area contributed by atoms with Gasteiger partial charge in [0.1, 0.15) is 22.9 Å². The Kier molecular flexibility index (Phi) is 10.5. The normalized spacial score (nSPS) is 14.9. The van der Waals surface area contributed by atoms with Crippen molar-refractivity contribution in [3.8, 4) is 17.1 Å². The van der Waals surface area contributed by atoms with Crippen molar-refractivity contribution in [3.63, 3.8) is 0 Å². The molecular formula is C28H36F2N6O5. The number of aliphatic hydroxyl groups excluding tert-OH is 2. The molecule has 0 aliphatic carbocycles. The summed E-state index contributed by atoms with van der Waals surface area (Å²) < 4.78 is 39.6. The highest BCUT2D eigenvalue weighted by Crippen LogP contribution is 2.26. The second-order valence-corrected chi connectivity index (χ2v) is 10.6. The minimum absolute atomic E-state index is 0.000626. The van der Waals surface area contributed by atoms with E-state index in [-0.39, 0.29) is 18.9 Å². The predicted octanol–water partition coefficient (Wildman–Crippen LogP) is 3.16. The molecule has 0 spiro atoms. The van der Waals surface area contributed by atoms with E-state index in [1.54, 1.807) is 12.4 Å². The molecule has 41 heavy (non-hydrogen) atoms. The number of hydrogen-bond donors (Lipinski definition) is 3. The molecule has 0 radical (unpaired) electrons. The summed E-state index contributed by atoms with van der Waals surface area (Å²) in [6.07, 6.45) is 6.47. The summed E-state index contributed by atoms with van der Waals surface area (Å²) in [5.41, 5.74) is -0.0589. The molecule has 3 aromatic rings. The molecule has 1 aliphatic rings. The van der Waals surface area contributed by atoms with Gasteiger partial charge >= 0.3 is 0 Å². The molecule has 13 heteroatoms. The van der Waals surface area contributed by atoms with E-state index in [1.165, 1.54) is 0 Å². The first-order valence-electron chi connectivity index (χ1n) is 13.8. The number of ether oxygens (including phenoxy) is 1. The summed E-state index contributed by atoms with van der Waals surface area (Å²) in [6.45, 7) is 5.19. The van der Waals surface area contributed by atoms with Crippen molar-refractivity contribution >= 4 is 11.9 Å². The number of rotatable bonds is 13. The fourth-order valence-electron chi connectivity index (χ4n) is 4.60. The first-order valence-corrected chi connectivity index (χ1v) is 13.8. The number of piperidine rings is 1. The molecule has 0 unspecified atom stereocenters. The SMILES string of the molecule is CC(C)Cc1nc(-c2cnc(N3CCC(CCCOc4cc(F)c(C(=O)NC[C@H](O)CO)c(F)c4)CC3)nc2)no1. The molecule has 1 aliphatic heterocycles. The highest BCUT2D eigenvalue weighted by atomic mass is 19.1. The number of anilines is 1. The van der Waals surface area contributed by atoms with Crippen LogP contribution in [0.1, 0.15) is 55.8 Å². The lowest BCUT2D eigenvalue weighted by atomic mass is 9.92. The number of halogens is 2. The third-order valence-corrected chi connectivity index (χ3v) is 6.82. The van der Waals surface area contributed by atoms with Crippen molar-refractivity contribution in [1.29, 1.82) is 0 Å². The molecule has 4 rings (SSSR count). The van der Waals surface area contributed by atoms with Gasteiger partial charge in [-0.15, -0.1) is 0 Å². The highest BCUT2D eigenvalue weighted by molar-refractivity contribution is 5.94. The van der Waals surface area contributed by atoms with Crippen LogP contribution in [-0.4, -0.2) is 75.2 Å². The average molecular weight is 575 g/mol. The van der Waals surface area contributed by atoms with Crippen LogP contribution in [0.25, 0.3) is 11.4 Å². The molecule has 11 nitrogen and oxygen atoms in total.